The van der Waals surface area contributed by atoms with Gasteiger partial charge in [-0.05, 0) is 25.1 Å². The van der Waals surface area contributed by atoms with E-state index in [0.29, 0.717) is 19.8 Å². The summed E-state index contributed by atoms with van der Waals surface area (Å²) in [6.07, 6.45) is -4.05. The molecule has 1 aromatic carbocycles. The van der Waals surface area contributed by atoms with Crippen LogP contribution in [0.15, 0.2) is 24.4 Å². The van der Waals surface area contributed by atoms with Gasteiger partial charge in [0.05, 0.1) is 24.8 Å². The van der Waals surface area contributed by atoms with Gasteiger partial charge in [0, 0.05) is 32.4 Å². The smallest absolute Gasteiger partial charge is 0.421 e. The van der Waals surface area contributed by atoms with Crippen LogP contribution in [-0.2, 0) is 10.9 Å². The average molecular weight is 522 g/mol. The van der Waals surface area contributed by atoms with Gasteiger partial charge >= 0.3 is 12.2 Å². The zero-order valence-corrected chi connectivity index (χ0v) is 20.0. The number of anilines is 2. The molecule has 2 N–H and O–H groups in total. The van der Waals surface area contributed by atoms with Crippen molar-refractivity contribution in [3.05, 3.63) is 41.5 Å². The van der Waals surface area contributed by atoms with Gasteiger partial charge in [-0.3, -0.25) is 4.79 Å². The van der Waals surface area contributed by atoms with Crippen LogP contribution >= 0.6 is 0 Å². The minimum Gasteiger partial charge on any atom is -0.421 e. The summed E-state index contributed by atoms with van der Waals surface area (Å²) < 4.78 is 66.9. The Hall–Kier alpha value is -4.14. The van der Waals surface area contributed by atoms with Crippen molar-refractivity contribution in [1.82, 2.24) is 29.8 Å². The molecular formula is C22H22F4N8O3. The maximum absolute atomic E-state index is 14.8. The molecule has 1 saturated heterocycles. The molecule has 0 unspecified atom stereocenters. The predicted octanol–water partition coefficient (Wildman–Crippen LogP) is 2.79. The van der Waals surface area contributed by atoms with Gasteiger partial charge < -0.3 is 25.0 Å². The highest BCUT2D eigenvalue weighted by molar-refractivity contribution is 5.94. The van der Waals surface area contributed by atoms with E-state index >= 15 is 0 Å². The van der Waals surface area contributed by atoms with Gasteiger partial charge in [0.15, 0.2) is 23.1 Å². The van der Waals surface area contributed by atoms with Crippen LogP contribution in [0.25, 0.3) is 11.4 Å². The number of amides is 1. The molecule has 1 aliphatic heterocycles. The number of ether oxygens (including phenoxy) is 2. The lowest BCUT2D eigenvalue weighted by molar-refractivity contribution is -0.140. The van der Waals surface area contributed by atoms with E-state index in [2.05, 4.69) is 24.9 Å². The second-order valence-corrected chi connectivity index (χ2v) is 8.29. The SMILES string of the molecule is C[C@H]1COCCN1c1nc(Oc2ccc(C(=O)N(C)C)cc2F)nc(-c2cnc(N)nc2C(F)(F)F)n1. The van der Waals surface area contributed by atoms with E-state index in [4.69, 9.17) is 15.2 Å². The molecule has 4 rings (SSSR count). The lowest BCUT2D eigenvalue weighted by Gasteiger charge is -2.33. The number of nitrogen functional groups attached to an aromatic ring is 1. The van der Waals surface area contributed by atoms with Crippen LogP contribution < -0.4 is 15.4 Å². The highest BCUT2D eigenvalue weighted by Crippen LogP contribution is 2.36. The van der Waals surface area contributed by atoms with Crippen molar-refractivity contribution in [3.63, 3.8) is 0 Å². The molecule has 1 aliphatic rings. The van der Waals surface area contributed by atoms with Crippen molar-refractivity contribution in [3.8, 4) is 23.1 Å². The average Bonchev–Trinajstić information content (AvgIpc) is 2.84. The van der Waals surface area contributed by atoms with Crippen LogP contribution in [0.5, 0.6) is 11.8 Å². The standard InChI is InChI=1S/C22H22F4N8O3/c1-11-10-36-7-6-34(11)20-30-17(13-9-28-19(27)29-16(13)22(24,25)26)31-21(32-20)37-15-5-4-12(8-14(15)23)18(35)33(2)3/h4-5,8-9,11H,6-7,10H2,1-3H3,(H2,27,28,29)/t11-/m0/s1. The van der Waals surface area contributed by atoms with Crippen molar-refractivity contribution in [1.29, 1.82) is 0 Å². The van der Waals surface area contributed by atoms with E-state index in [1.807, 2.05) is 6.92 Å². The van der Waals surface area contributed by atoms with E-state index in [0.717, 1.165) is 12.3 Å². The fourth-order valence-corrected chi connectivity index (χ4v) is 3.51. The molecule has 3 heterocycles. The number of carbonyl (C=O) groups excluding carboxylic acids is 1. The van der Waals surface area contributed by atoms with Gasteiger partial charge in [0.2, 0.25) is 11.9 Å². The molecule has 11 nitrogen and oxygen atoms in total. The molecule has 1 fully saturated rings. The van der Waals surface area contributed by atoms with Crippen LogP contribution in [0, 0.1) is 5.82 Å². The van der Waals surface area contributed by atoms with E-state index in [1.54, 1.807) is 4.90 Å². The fraction of sp³-hybridized carbons (Fsp3) is 0.364. The predicted molar refractivity (Wildman–Crippen MR) is 122 cm³/mol. The number of alkyl halides is 3. The van der Waals surface area contributed by atoms with Crippen LogP contribution in [0.2, 0.25) is 0 Å². The first-order valence-corrected chi connectivity index (χ1v) is 10.9. The van der Waals surface area contributed by atoms with Crippen LogP contribution in [0.3, 0.4) is 0 Å². The van der Waals surface area contributed by atoms with Crippen molar-refractivity contribution >= 4 is 17.8 Å². The number of halogens is 4. The Labute approximate surface area is 208 Å². The Morgan fingerprint density at radius 2 is 1.97 bits per heavy atom. The van der Waals surface area contributed by atoms with E-state index in [1.165, 1.54) is 31.1 Å². The van der Waals surface area contributed by atoms with Gasteiger partial charge in [0.25, 0.3) is 5.91 Å². The van der Waals surface area contributed by atoms with Crippen molar-refractivity contribution in [2.75, 3.05) is 44.5 Å². The molecule has 0 bridgehead atoms. The van der Waals surface area contributed by atoms with Crippen molar-refractivity contribution in [2.45, 2.75) is 19.1 Å². The first-order chi connectivity index (χ1) is 17.4. The number of hydrogen-bond donors (Lipinski definition) is 1. The third-order valence-electron chi connectivity index (χ3n) is 5.33. The van der Waals surface area contributed by atoms with Crippen LogP contribution in [0.4, 0.5) is 29.5 Å². The first kappa shape index (κ1) is 25.9. The first-order valence-electron chi connectivity index (χ1n) is 10.9. The summed E-state index contributed by atoms with van der Waals surface area (Å²) in [5.74, 6) is -2.73. The fourth-order valence-electron chi connectivity index (χ4n) is 3.51. The lowest BCUT2D eigenvalue weighted by atomic mass is 10.2. The summed E-state index contributed by atoms with van der Waals surface area (Å²) >= 11 is 0. The van der Waals surface area contributed by atoms with Gasteiger partial charge in [-0.1, -0.05) is 0 Å². The molecular weight excluding hydrogens is 500 g/mol. The Balaban J connectivity index is 1.80. The Morgan fingerprint density at radius 1 is 1.22 bits per heavy atom. The zero-order chi connectivity index (χ0) is 26.9. The number of benzene rings is 1. The molecule has 0 radical (unpaired) electrons. The Morgan fingerprint density at radius 3 is 2.62 bits per heavy atom. The molecule has 0 spiro atoms. The quantitative estimate of drug-likeness (QED) is 0.499. The Kier molecular flexibility index (Phi) is 7.07. The highest BCUT2D eigenvalue weighted by Gasteiger charge is 2.38. The van der Waals surface area contributed by atoms with Crippen molar-refractivity contribution in [2.24, 2.45) is 0 Å². The summed E-state index contributed by atoms with van der Waals surface area (Å²) in [4.78, 5) is 34.4. The number of carbonyl (C=O) groups is 1. The summed E-state index contributed by atoms with van der Waals surface area (Å²) in [7, 11) is 3.03. The summed E-state index contributed by atoms with van der Waals surface area (Å²) in [6.45, 7) is 2.81. The number of rotatable bonds is 5. The van der Waals surface area contributed by atoms with E-state index in [-0.39, 0.29) is 23.3 Å². The highest BCUT2D eigenvalue weighted by atomic mass is 19.4. The number of morpholine rings is 1. The lowest BCUT2D eigenvalue weighted by Crippen LogP contribution is -2.44. The summed E-state index contributed by atoms with van der Waals surface area (Å²) in [5.41, 5.74) is 3.53. The minimum absolute atomic E-state index is 0.0134. The molecule has 196 valence electrons. The topological polar surface area (TPSA) is 132 Å². The molecule has 0 aliphatic carbocycles. The maximum Gasteiger partial charge on any atom is 0.434 e. The number of hydrogen-bond acceptors (Lipinski definition) is 10. The number of nitrogens with zero attached hydrogens (tertiary/aromatic N) is 7. The molecule has 0 saturated carbocycles. The summed E-state index contributed by atoms with van der Waals surface area (Å²) in [6, 6.07) is 2.80. The monoisotopic (exact) mass is 522 g/mol. The molecule has 3 aromatic rings. The van der Waals surface area contributed by atoms with Gasteiger partial charge in [-0.25, -0.2) is 14.4 Å². The second-order valence-electron chi connectivity index (χ2n) is 8.29. The van der Waals surface area contributed by atoms with Gasteiger partial charge in [0.1, 0.15) is 0 Å². The van der Waals surface area contributed by atoms with E-state index in [9.17, 15) is 22.4 Å². The molecule has 15 heteroatoms. The van der Waals surface area contributed by atoms with Crippen LogP contribution in [0.1, 0.15) is 23.0 Å². The van der Waals surface area contributed by atoms with Gasteiger partial charge in [-0.15, -0.1) is 0 Å². The van der Waals surface area contributed by atoms with E-state index < -0.39 is 46.9 Å². The second kappa shape index (κ2) is 10.1. The zero-order valence-electron chi connectivity index (χ0n) is 20.0. The third-order valence-corrected chi connectivity index (χ3v) is 5.33. The number of nitrogens with two attached hydrogens (primary N) is 1. The normalized spacial score (nSPS) is 16.0. The molecule has 1 amide bonds. The van der Waals surface area contributed by atoms with Gasteiger partial charge in [-0.2, -0.15) is 28.1 Å². The largest absolute Gasteiger partial charge is 0.434 e. The molecule has 1 atom stereocenters. The van der Waals surface area contributed by atoms with Crippen molar-refractivity contribution < 1.29 is 31.8 Å². The minimum atomic E-state index is -4.90. The molecule has 2 aromatic heterocycles. The summed E-state index contributed by atoms with van der Waals surface area (Å²) in [5, 5.41) is 0. The Bertz CT molecular complexity index is 1320. The third kappa shape index (κ3) is 5.66. The maximum atomic E-state index is 14.8. The van der Waals surface area contributed by atoms with Crippen LogP contribution in [-0.4, -0.2) is 75.6 Å². The number of aromatic nitrogens is 5. The molecule has 37 heavy (non-hydrogen) atoms.